The first-order valence-corrected chi connectivity index (χ1v) is 20.6. The number of fused-ring (bicyclic) bond motifs is 1. The van der Waals surface area contributed by atoms with Crippen LogP contribution in [0.2, 0.25) is 0 Å². The van der Waals surface area contributed by atoms with Gasteiger partial charge in [-0.25, -0.2) is 14.3 Å². The Labute approximate surface area is 350 Å². The van der Waals surface area contributed by atoms with E-state index in [-0.39, 0.29) is 54.6 Å². The molecule has 3 aliphatic heterocycles. The Morgan fingerprint density at radius 2 is 1.63 bits per heavy atom. The maximum atomic E-state index is 14.6. The van der Waals surface area contributed by atoms with Crippen LogP contribution in [-0.2, 0) is 40.6 Å². The number of likely N-dealkylation sites (N-methyl/N-ethyl adjacent to an activating group) is 1. The minimum atomic E-state index is -2.14. The number of esters is 1. The van der Waals surface area contributed by atoms with Crippen LogP contribution < -0.4 is 16.0 Å². The van der Waals surface area contributed by atoms with Gasteiger partial charge >= 0.3 is 23.8 Å². The molecule has 2 fully saturated rings. The maximum Gasteiger partial charge on any atom is 0.356 e. The van der Waals surface area contributed by atoms with Gasteiger partial charge < -0.3 is 30.7 Å². The molecule has 4 aromatic rings. The van der Waals surface area contributed by atoms with Crippen LogP contribution in [0.25, 0.3) is 0 Å². The van der Waals surface area contributed by atoms with E-state index in [9.17, 15) is 38.7 Å². The van der Waals surface area contributed by atoms with E-state index in [0.29, 0.717) is 26.8 Å². The molecule has 0 saturated carbocycles. The lowest BCUT2D eigenvalue weighted by molar-refractivity contribution is -0.164. The molecule has 0 aliphatic carbocycles. The van der Waals surface area contributed by atoms with E-state index in [4.69, 9.17) is 4.74 Å². The number of tetrazole rings is 1. The number of hydrogen-bond acceptors (Lipinski definition) is 14. The second-order valence-corrected chi connectivity index (χ2v) is 15.7. The highest BCUT2D eigenvalue weighted by Gasteiger charge is 2.66. The number of aromatic nitrogens is 4. The number of aromatic hydroxyl groups is 1. The smallest absolute Gasteiger partial charge is 0.356 e. The number of benzene rings is 3. The van der Waals surface area contributed by atoms with Crippen LogP contribution in [0.3, 0.4) is 0 Å². The molecule has 19 nitrogen and oxygen atoms in total. The molecule has 0 radical (unpaired) electrons. The SMILES string of the molecule is CCN1CCN(C(=O)NC(C(=O)N[C@]2(NC=O)C(=O)N3C(C(=O)OC(c4ccccc4)c4ccccc4)=C(CSc4nnnn4C)CS[C@@H]32)c2ccc(O)cc2)C(=O)C1=O. The summed E-state index contributed by atoms with van der Waals surface area (Å²) in [7, 11) is 1.65. The van der Waals surface area contributed by atoms with E-state index in [2.05, 4.69) is 31.5 Å². The third-order valence-corrected chi connectivity index (χ3v) is 12.5. The van der Waals surface area contributed by atoms with E-state index in [0.717, 1.165) is 16.7 Å². The zero-order chi connectivity index (χ0) is 42.6. The molecular weight excluding hydrogens is 817 g/mol. The Hall–Kier alpha value is -6.74. The number of imide groups is 1. The number of hydrogen-bond donors (Lipinski definition) is 4. The number of thioether (sulfide) groups is 2. The third kappa shape index (κ3) is 8.00. The molecule has 3 atom stereocenters. The molecular formula is C39H38N10O9S2. The van der Waals surface area contributed by atoms with Crippen LogP contribution in [0.5, 0.6) is 5.75 Å². The van der Waals surface area contributed by atoms with Crippen molar-refractivity contribution in [2.24, 2.45) is 7.05 Å². The molecule has 3 aromatic carbocycles. The first-order chi connectivity index (χ1) is 29.0. The highest BCUT2D eigenvalue weighted by molar-refractivity contribution is 8.01. The Morgan fingerprint density at radius 1 is 0.967 bits per heavy atom. The molecule has 7 rings (SSSR count). The predicted molar refractivity (Wildman–Crippen MR) is 214 cm³/mol. The van der Waals surface area contributed by atoms with Gasteiger partial charge in [-0.1, -0.05) is 84.6 Å². The summed E-state index contributed by atoms with van der Waals surface area (Å²) in [5.41, 5.74) is -0.289. The van der Waals surface area contributed by atoms with Crippen molar-refractivity contribution in [3.8, 4) is 5.75 Å². The number of rotatable bonds is 14. The standard InChI is InChI=1S/C39H38N10O9S2/c1-3-47-18-19-48(33(54)32(47)53)37(57)41-28(23-14-16-27(51)17-15-23)31(52)42-39(40-22-50)35(56)49-29(26(20-59-36(39)49)21-60-38-43-44-45-46(38)2)34(55)58-30(24-10-6-4-7-11-24)25-12-8-5-9-13-25/h4-17,22,28,30,36,51H,3,18-21H2,1-2H3,(H,40,50)(H,41,57)(H,42,52)/t28?,36-,39-/m1/s1. The summed E-state index contributed by atoms with van der Waals surface area (Å²) in [4.78, 5) is 98.0. The van der Waals surface area contributed by atoms with Gasteiger partial charge in [0.1, 0.15) is 22.9 Å². The molecule has 21 heteroatoms. The van der Waals surface area contributed by atoms with Gasteiger partial charge in [0, 0.05) is 38.2 Å². The molecule has 2 saturated heterocycles. The molecule has 0 bridgehead atoms. The van der Waals surface area contributed by atoms with Crippen LogP contribution in [0.1, 0.15) is 35.8 Å². The Kier molecular flexibility index (Phi) is 12.2. The number of nitrogens with zero attached hydrogens (tertiary/aromatic N) is 7. The largest absolute Gasteiger partial charge is 0.508 e. The van der Waals surface area contributed by atoms with Crippen molar-refractivity contribution in [1.82, 2.24) is 50.9 Å². The Bertz CT molecular complexity index is 2310. The summed E-state index contributed by atoms with van der Waals surface area (Å²) in [6.45, 7) is 1.87. The number of nitrogens with one attached hydrogen (secondary N) is 3. The van der Waals surface area contributed by atoms with Gasteiger partial charge in [-0.3, -0.25) is 33.8 Å². The van der Waals surface area contributed by atoms with Crippen molar-refractivity contribution in [1.29, 1.82) is 0 Å². The lowest BCUT2D eigenvalue weighted by atomic mass is 9.94. The van der Waals surface area contributed by atoms with Crippen molar-refractivity contribution >= 4 is 65.6 Å². The number of ether oxygens (including phenoxy) is 1. The van der Waals surface area contributed by atoms with Crippen LogP contribution in [0.15, 0.2) is 101 Å². The summed E-state index contributed by atoms with van der Waals surface area (Å²) >= 11 is 2.38. The van der Waals surface area contributed by atoms with Gasteiger partial charge in [-0.15, -0.1) is 16.9 Å². The fraction of sp³-hybridized carbons (Fsp3) is 0.282. The first-order valence-electron chi connectivity index (χ1n) is 18.5. The van der Waals surface area contributed by atoms with E-state index >= 15 is 0 Å². The fourth-order valence-corrected chi connectivity index (χ4v) is 9.36. The average Bonchev–Trinajstić information content (AvgIpc) is 3.68. The monoisotopic (exact) mass is 854 g/mol. The predicted octanol–water partition coefficient (Wildman–Crippen LogP) is 1.21. The molecule has 3 aliphatic rings. The number of β-lactam (4-membered cyclic amide) rings is 1. The van der Waals surface area contributed by atoms with E-state index in [1.807, 2.05) is 36.4 Å². The average molecular weight is 855 g/mol. The highest BCUT2D eigenvalue weighted by Crippen LogP contribution is 2.47. The molecule has 7 amide bonds. The summed E-state index contributed by atoms with van der Waals surface area (Å²) in [6.07, 6.45) is -0.649. The second-order valence-electron chi connectivity index (χ2n) is 13.6. The number of piperazine rings is 1. The Morgan fingerprint density at radius 3 is 2.23 bits per heavy atom. The van der Waals surface area contributed by atoms with Gasteiger partial charge in [-0.2, -0.15) is 0 Å². The summed E-state index contributed by atoms with van der Waals surface area (Å²) in [5.74, 6) is -4.58. The van der Waals surface area contributed by atoms with E-state index in [1.165, 1.54) is 45.6 Å². The quantitative estimate of drug-likeness (QED) is 0.0349. The maximum absolute atomic E-state index is 14.6. The highest BCUT2D eigenvalue weighted by atomic mass is 32.2. The number of phenols is 1. The number of phenolic OH excluding ortho intramolecular Hbond substituents is 1. The van der Waals surface area contributed by atoms with Gasteiger partial charge in [0.25, 0.3) is 5.91 Å². The van der Waals surface area contributed by atoms with Crippen molar-refractivity contribution in [3.63, 3.8) is 0 Å². The molecule has 4 heterocycles. The first kappa shape index (κ1) is 41.4. The normalized spacial score (nSPS) is 19.4. The van der Waals surface area contributed by atoms with Crippen molar-refractivity contribution in [2.75, 3.05) is 31.1 Å². The zero-order valence-electron chi connectivity index (χ0n) is 32.1. The number of amides is 7. The molecule has 0 spiro atoms. The lowest BCUT2D eigenvalue weighted by Crippen LogP contribution is -2.85. The second kappa shape index (κ2) is 17.6. The minimum Gasteiger partial charge on any atom is -0.508 e. The number of aryl methyl sites for hydroxylation is 1. The van der Waals surface area contributed by atoms with Gasteiger partial charge in [0.2, 0.25) is 23.1 Å². The summed E-state index contributed by atoms with van der Waals surface area (Å²) in [6, 6.07) is 20.6. The Balaban J connectivity index is 1.20. The molecule has 4 N–H and O–H groups in total. The minimum absolute atomic E-state index is 0.0753. The number of urea groups is 1. The van der Waals surface area contributed by atoms with Crippen molar-refractivity contribution in [2.45, 2.75) is 35.3 Å². The lowest BCUT2D eigenvalue weighted by Gasteiger charge is -2.56. The number of carbonyl (C=O) groups excluding carboxylic acids is 7. The van der Waals surface area contributed by atoms with Crippen molar-refractivity contribution < 1.29 is 43.4 Å². The van der Waals surface area contributed by atoms with Crippen LogP contribution in [-0.4, -0.2) is 124 Å². The summed E-state index contributed by atoms with van der Waals surface area (Å²) in [5, 5.41) is 28.4. The summed E-state index contributed by atoms with van der Waals surface area (Å²) < 4.78 is 7.69. The molecule has 60 heavy (non-hydrogen) atoms. The van der Waals surface area contributed by atoms with E-state index in [1.54, 1.807) is 38.2 Å². The van der Waals surface area contributed by atoms with Crippen molar-refractivity contribution in [3.05, 3.63) is 113 Å². The topological polar surface area (TPSA) is 238 Å². The van der Waals surface area contributed by atoms with Crippen LogP contribution >= 0.6 is 23.5 Å². The van der Waals surface area contributed by atoms with Gasteiger partial charge in [-0.05, 0) is 51.7 Å². The van der Waals surface area contributed by atoms with E-state index < -0.39 is 58.8 Å². The number of carbonyl (C=O) groups is 7. The van der Waals surface area contributed by atoms with Crippen LogP contribution in [0, 0.1) is 0 Å². The fourth-order valence-electron chi connectivity index (χ4n) is 6.94. The zero-order valence-corrected chi connectivity index (χ0v) is 33.7. The molecule has 1 aromatic heterocycles. The third-order valence-electron chi connectivity index (χ3n) is 10.0. The molecule has 1 unspecified atom stereocenters. The van der Waals surface area contributed by atoms with Gasteiger partial charge in [0.05, 0.1) is 0 Å². The van der Waals surface area contributed by atoms with Gasteiger partial charge in [0.15, 0.2) is 6.10 Å². The van der Waals surface area contributed by atoms with Crippen LogP contribution in [0.4, 0.5) is 4.79 Å². The molecule has 310 valence electrons.